The third kappa shape index (κ3) is 8.35. The zero-order valence-corrected chi connectivity index (χ0v) is 18.2. The molecule has 0 aromatic heterocycles. The first-order chi connectivity index (χ1) is 13.2. The molecule has 0 spiro atoms. The maximum absolute atomic E-state index is 12.1. The molecule has 0 unspecified atom stereocenters. The topological polar surface area (TPSA) is 93.1 Å². The smallest absolute Gasteiger partial charge is 0.410 e. The molecule has 0 saturated carbocycles. The SMILES string of the molecule is CC(C)(C)OC(=O)N1CCC([C@H](CC(=O)OCc2ccccc2)C(=O)O)CC1.S. The molecule has 162 valence electrons. The van der Waals surface area contributed by atoms with Crippen LogP contribution >= 0.6 is 13.5 Å². The maximum atomic E-state index is 12.1. The number of carboxylic acids is 1. The molecule has 7 nitrogen and oxygen atoms in total. The number of likely N-dealkylation sites (tertiary alicyclic amines) is 1. The molecule has 2 rings (SSSR count). The summed E-state index contributed by atoms with van der Waals surface area (Å²) in [5.74, 6) is -2.53. The van der Waals surface area contributed by atoms with Crippen molar-refractivity contribution in [2.45, 2.75) is 52.2 Å². The van der Waals surface area contributed by atoms with Gasteiger partial charge in [0.05, 0.1) is 12.3 Å². The first kappa shape index (κ1) is 24.8. The predicted molar refractivity (Wildman–Crippen MR) is 113 cm³/mol. The number of amides is 1. The Morgan fingerprint density at radius 2 is 1.72 bits per heavy atom. The van der Waals surface area contributed by atoms with Crippen LogP contribution in [0.1, 0.15) is 45.6 Å². The summed E-state index contributed by atoms with van der Waals surface area (Å²) < 4.78 is 10.6. The molecule has 1 aliphatic rings. The summed E-state index contributed by atoms with van der Waals surface area (Å²) in [6, 6.07) is 9.25. The number of hydrogen-bond donors (Lipinski definition) is 1. The predicted octanol–water partition coefficient (Wildman–Crippen LogP) is 3.58. The minimum atomic E-state index is -1.01. The number of aliphatic carboxylic acids is 1. The number of carboxylic acid groups (broad SMARTS) is 1. The standard InChI is InChI=1S/C21H29NO6.H2S/c1-21(2,3)28-20(26)22-11-9-16(10-12-22)17(19(24)25)13-18(23)27-14-15-7-5-4-6-8-15;/h4-8,16-17H,9-14H2,1-3H3,(H,24,25);1H2/t17-;/m0./s1. The van der Waals surface area contributed by atoms with Crippen LogP contribution in [0.15, 0.2) is 30.3 Å². The zero-order valence-electron chi connectivity index (χ0n) is 17.2. The van der Waals surface area contributed by atoms with E-state index in [4.69, 9.17) is 9.47 Å². The van der Waals surface area contributed by atoms with Crippen molar-refractivity contribution >= 4 is 31.5 Å². The van der Waals surface area contributed by atoms with Gasteiger partial charge in [0.15, 0.2) is 0 Å². The van der Waals surface area contributed by atoms with E-state index < -0.39 is 23.5 Å². The Morgan fingerprint density at radius 1 is 1.14 bits per heavy atom. The average Bonchev–Trinajstić information content (AvgIpc) is 2.64. The van der Waals surface area contributed by atoms with Crippen LogP contribution in [0.3, 0.4) is 0 Å². The van der Waals surface area contributed by atoms with Crippen LogP contribution in [0, 0.1) is 11.8 Å². The van der Waals surface area contributed by atoms with E-state index in [0.29, 0.717) is 25.9 Å². The van der Waals surface area contributed by atoms with Gasteiger partial charge in [0.25, 0.3) is 0 Å². The molecular formula is C21H31NO6S. The van der Waals surface area contributed by atoms with E-state index >= 15 is 0 Å². The number of piperidine rings is 1. The fraction of sp³-hybridized carbons (Fsp3) is 0.571. The van der Waals surface area contributed by atoms with Crippen molar-refractivity contribution in [1.29, 1.82) is 0 Å². The Hall–Kier alpha value is -2.22. The first-order valence-electron chi connectivity index (χ1n) is 9.56. The molecule has 1 N–H and O–H groups in total. The summed E-state index contributed by atoms with van der Waals surface area (Å²) in [6.45, 7) is 6.38. The number of carbonyl (C=O) groups is 3. The van der Waals surface area contributed by atoms with Gasteiger partial charge >= 0.3 is 18.0 Å². The number of nitrogens with zero attached hydrogens (tertiary/aromatic N) is 1. The summed E-state index contributed by atoms with van der Waals surface area (Å²) in [5, 5.41) is 9.57. The molecule has 0 bridgehead atoms. The number of esters is 1. The van der Waals surface area contributed by atoms with Gasteiger partial charge in [-0.15, -0.1) is 0 Å². The van der Waals surface area contributed by atoms with Gasteiger partial charge in [-0.05, 0) is 45.1 Å². The highest BCUT2D eigenvalue weighted by atomic mass is 32.1. The largest absolute Gasteiger partial charge is 0.481 e. The number of rotatable bonds is 6. The Balaban J connectivity index is 0.00000420. The lowest BCUT2D eigenvalue weighted by molar-refractivity contribution is -0.154. The molecule has 0 aliphatic carbocycles. The quantitative estimate of drug-likeness (QED) is 0.700. The van der Waals surface area contributed by atoms with E-state index in [2.05, 4.69) is 0 Å². The highest BCUT2D eigenvalue weighted by Gasteiger charge is 2.35. The number of carbonyl (C=O) groups excluding carboxylic acids is 2. The molecule has 0 radical (unpaired) electrons. The van der Waals surface area contributed by atoms with Gasteiger partial charge in [-0.1, -0.05) is 30.3 Å². The monoisotopic (exact) mass is 425 g/mol. The van der Waals surface area contributed by atoms with Crippen molar-refractivity contribution in [1.82, 2.24) is 4.90 Å². The molecule has 1 heterocycles. The van der Waals surface area contributed by atoms with Crippen LogP contribution < -0.4 is 0 Å². The van der Waals surface area contributed by atoms with Crippen LogP contribution in [-0.2, 0) is 25.7 Å². The summed E-state index contributed by atoms with van der Waals surface area (Å²) in [6.07, 6.45) is 0.476. The van der Waals surface area contributed by atoms with Gasteiger partial charge in [0.1, 0.15) is 12.2 Å². The summed E-state index contributed by atoms with van der Waals surface area (Å²) in [4.78, 5) is 37.6. The second-order valence-corrected chi connectivity index (χ2v) is 8.10. The number of ether oxygens (including phenoxy) is 2. The van der Waals surface area contributed by atoms with Gasteiger partial charge < -0.3 is 19.5 Å². The number of benzene rings is 1. The van der Waals surface area contributed by atoms with Crippen molar-refractivity contribution in [3.05, 3.63) is 35.9 Å². The van der Waals surface area contributed by atoms with E-state index in [-0.39, 0.29) is 38.5 Å². The van der Waals surface area contributed by atoms with Crippen molar-refractivity contribution in [3.63, 3.8) is 0 Å². The fourth-order valence-electron chi connectivity index (χ4n) is 3.24. The molecule has 1 aromatic rings. The van der Waals surface area contributed by atoms with Crippen molar-refractivity contribution in [3.8, 4) is 0 Å². The average molecular weight is 426 g/mol. The van der Waals surface area contributed by atoms with Gasteiger partial charge in [-0.25, -0.2) is 4.79 Å². The van der Waals surface area contributed by atoms with E-state index in [1.165, 1.54) is 0 Å². The molecule has 1 saturated heterocycles. The Morgan fingerprint density at radius 3 is 2.24 bits per heavy atom. The normalized spacial score (nSPS) is 15.8. The Bertz CT molecular complexity index is 680. The van der Waals surface area contributed by atoms with Crippen molar-refractivity contribution in [2.24, 2.45) is 11.8 Å². The van der Waals surface area contributed by atoms with E-state index in [9.17, 15) is 19.5 Å². The second kappa shape index (κ2) is 11.1. The third-order valence-corrected chi connectivity index (χ3v) is 4.71. The zero-order chi connectivity index (χ0) is 20.7. The van der Waals surface area contributed by atoms with Crippen molar-refractivity contribution in [2.75, 3.05) is 13.1 Å². The molecule has 1 aliphatic heterocycles. The minimum Gasteiger partial charge on any atom is -0.481 e. The molecule has 29 heavy (non-hydrogen) atoms. The van der Waals surface area contributed by atoms with Crippen LogP contribution in [0.2, 0.25) is 0 Å². The Kier molecular flexibility index (Phi) is 9.49. The summed E-state index contributed by atoms with van der Waals surface area (Å²) in [5.41, 5.74) is 0.286. The molecule has 1 fully saturated rings. The Labute approximate surface area is 178 Å². The molecule has 1 amide bonds. The maximum Gasteiger partial charge on any atom is 0.410 e. The molecular weight excluding hydrogens is 394 g/mol. The van der Waals surface area contributed by atoms with Crippen LogP contribution in [-0.4, -0.2) is 46.7 Å². The summed E-state index contributed by atoms with van der Waals surface area (Å²) in [7, 11) is 0. The fourth-order valence-corrected chi connectivity index (χ4v) is 3.24. The van der Waals surface area contributed by atoms with Crippen LogP contribution in [0.4, 0.5) is 4.79 Å². The molecule has 8 heteroatoms. The number of hydrogen-bond acceptors (Lipinski definition) is 5. The van der Waals surface area contributed by atoms with E-state index in [1.54, 1.807) is 25.7 Å². The van der Waals surface area contributed by atoms with Crippen molar-refractivity contribution < 1.29 is 29.0 Å². The second-order valence-electron chi connectivity index (χ2n) is 8.10. The van der Waals surface area contributed by atoms with E-state index in [1.807, 2.05) is 30.3 Å². The molecule has 1 atom stereocenters. The minimum absolute atomic E-state index is 0. The van der Waals surface area contributed by atoms with Gasteiger partial charge in [-0.3, -0.25) is 9.59 Å². The third-order valence-electron chi connectivity index (χ3n) is 4.71. The van der Waals surface area contributed by atoms with E-state index in [0.717, 1.165) is 5.56 Å². The first-order valence-corrected chi connectivity index (χ1v) is 9.56. The van der Waals surface area contributed by atoms with Crippen LogP contribution in [0.25, 0.3) is 0 Å². The highest BCUT2D eigenvalue weighted by Crippen LogP contribution is 2.29. The molecule has 1 aromatic carbocycles. The lowest BCUT2D eigenvalue weighted by Crippen LogP contribution is -2.44. The van der Waals surface area contributed by atoms with Crippen LogP contribution in [0.5, 0.6) is 0 Å². The summed E-state index contributed by atoms with van der Waals surface area (Å²) >= 11 is 0. The van der Waals surface area contributed by atoms with Gasteiger partial charge in [0, 0.05) is 13.1 Å². The highest BCUT2D eigenvalue weighted by molar-refractivity contribution is 7.59. The van der Waals surface area contributed by atoms with Gasteiger partial charge in [0.2, 0.25) is 0 Å². The lowest BCUT2D eigenvalue weighted by Gasteiger charge is -2.35. The van der Waals surface area contributed by atoms with Gasteiger partial charge in [-0.2, -0.15) is 13.5 Å². The lowest BCUT2D eigenvalue weighted by atomic mass is 9.82.